The first-order chi connectivity index (χ1) is 17.3. The number of sulfonamides is 1. The largest absolute Gasteiger partial charge is 0.489 e. The quantitative estimate of drug-likeness (QED) is 0.191. The Balaban J connectivity index is 1.55. The van der Waals surface area contributed by atoms with E-state index in [2.05, 4.69) is 4.72 Å². The highest BCUT2D eigenvalue weighted by molar-refractivity contribution is 7.99. The van der Waals surface area contributed by atoms with E-state index in [1.165, 1.54) is 37.1 Å². The number of nitro benzene ring substituents is 1. The Kier molecular flexibility index (Phi) is 7.92. The second kappa shape index (κ2) is 11.1. The Morgan fingerprint density at radius 3 is 2.67 bits per heavy atom. The molecule has 4 rings (SSSR count). The zero-order valence-electron chi connectivity index (χ0n) is 19.4. The Morgan fingerprint density at radius 2 is 1.89 bits per heavy atom. The molecular weight excluding hydrogens is 504 g/mol. The number of esters is 1. The van der Waals surface area contributed by atoms with Crippen molar-refractivity contribution in [2.75, 3.05) is 19.4 Å². The lowest BCUT2D eigenvalue weighted by molar-refractivity contribution is -0.387. The summed E-state index contributed by atoms with van der Waals surface area (Å²) in [5, 5.41) is 11.1. The van der Waals surface area contributed by atoms with Crippen molar-refractivity contribution in [3.05, 3.63) is 99.1 Å². The van der Waals surface area contributed by atoms with Crippen LogP contribution >= 0.6 is 11.8 Å². The van der Waals surface area contributed by atoms with Crippen LogP contribution in [0.2, 0.25) is 0 Å². The highest BCUT2D eigenvalue weighted by Crippen LogP contribution is 2.44. The van der Waals surface area contributed by atoms with Gasteiger partial charge in [-0.15, -0.1) is 11.8 Å². The fraction of sp³-hybridized carbons (Fsp3) is 0.240. The topological polar surface area (TPSA) is 125 Å². The lowest BCUT2D eigenvalue weighted by Gasteiger charge is -2.20. The van der Waals surface area contributed by atoms with Gasteiger partial charge in [0.25, 0.3) is 5.69 Å². The van der Waals surface area contributed by atoms with E-state index in [0.717, 1.165) is 28.3 Å². The molecule has 3 aromatic carbocycles. The van der Waals surface area contributed by atoms with Crippen molar-refractivity contribution in [2.45, 2.75) is 23.2 Å². The van der Waals surface area contributed by atoms with Crippen LogP contribution in [-0.2, 0) is 32.6 Å². The number of para-hydroxylation sites is 1. The molecule has 0 fully saturated rings. The summed E-state index contributed by atoms with van der Waals surface area (Å²) in [4.78, 5) is 22.0. The molecule has 0 bridgehead atoms. The smallest absolute Gasteiger partial charge is 0.309 e. The number of benzene rings is 3. The van der Waals surface area contributed by atoms with Crippen molar-refractivity contribution in [1.29, 1.82) is 0 Å². The average molecular weight is 529 g/mol. The highest BCUT2D eigenvalue weighted by Gasteiger charge is 2.27. The summed E-state index contributed by atoms with van der Waals surface area (Å²) in [6, 6.07) is 18.7. The second-order valence-corrected chi connectivity index (χ2v) is 10.9. The number of ether oxygens (including phenoxy) is 2. The summed E-state index contributed by atoms with van der Waals surface area (Å²) >= 11 is 1.52. The molecule has 0 aliphatic carbocycles. The molecule has 1 aliphatic rings. The van der Waals surface area contributed by atoms with E-state index < -0.39 is 20.6 Å². The SMILES string of the molecule is COC(=O)Cc1ccc2c(c1)C(SCCNS(=O)(=O)c1ccccc1[N+](=O)[O-])c1ccccc1CO2. The summed E-state index contributed by atoms with van der Waals surface area (Å²) < 4.78 is 38.8. The van der Waals surface area contributed by atoms with E-state index >= 15 is 0 Å². The molecule has 3 aromatic rings. The van der Waals surface area contributed by atoms with Crippen molar-refractivity contribution in [2.24, 2.45) is 0 Å². The van der Waals surface area contributed by atoms with Crippen LogP contribution in [0.15, 0.2) is 71.6 Å². The fourth-order valence-electron chi connectivity index (χ4n) is 3.97. The lowest BCUT2D eigenvalue weighted by Crippen LogP contribution is -2.27. The van der Waals surface area contributed by atoms with Gasteiger partial charge in [-0.25, -0.2) is 13.1 Å². The average Bonchev–Trinajstić information content (AvgIpc) is 3.03. The number of fused-ring (bicyclic) bond motifs is 2. The van der Waals surface area contributed by atoms with Crippen molar-refractivity contribution in [1.82, 2.24) is 4.72 Å². The van der Waals surface area contributed by atoms with Crippen molar-refractivity contribution < 1.29 is 27.6 Å². The van der Waals surface area contributed by atoms with Gasteiger partial charge < -0.3 is 9.47 Å². The summed E-state index contributed by atoms with van der Waals surface area (Å²) in [7, 11) is -2.73. The maximum atomic E-state index is 12.7. The van der Waals surface area contributed by atoms with Crippen LogP contribution in [0.5, 0.6) is 5.75 Å². The number of rotatable bonds is 9. The van der Waals surface area contributed by atoms with E-state index in [4.69, 9.17) is 9.47 Å². The van der Waals surface area contributed by atoms with Crippen molar-refractivity contribution in [3.63, 3.8) is 0 Å². The molecule has 1 atom stereocenters. The van der Waals surface area contributed by atoms with Crippen LogP contribution in [0.4, 0.5) is 5.69 Å². The van der Waals surface area contributed by atoms with Crippen LogP contribution < -0.4 is 9.46 Å². The first kappa shape index (κ1) is 25.7. The predicted octanol–water partition coefficient (Wildman–Crippen LogP) is 4.00. The maximum absolute atomic E-state index is 12.7. The summed E-state index contributed by atoms with van der Waals surface area (Å²) in [6.07, 6.45) is 0.123. The van der Waals surface area contributed by atoms with Gasteiger partial charge in [0.05, 0.1) is 23.7 Å². The molecule has 1 N–H and O–H groups in total. The van der Waals surface area contributed by atoms with E-state index in [-0.39, 0.29) is 29.1 Å². The molecule has 0 saturated carbocycles. The third-order valence-corrected chi connectivity index (χ3v) is 8.47. The molecule has 188 valence electrons. The summed E-state index contributed by atoms with van der Waals surface area (Å²) in [5.41, 5.74) is 3.25. The molecular formula is C25H24N2O7S2. The van der Waals surface area contributed by atoms with Gasteiger partial charge in [0.1, 0.15) is 12.4 Å². The molecule has 0 amide bonds. The minimum absolute atomic E-state index is 0.0652. The molecule has 0 aromatic heterocycles. The normalized spacial score (nSPS) is 14.6. The van der Waals surface area contributed by atoms with Gasteiger partial charge in [0, 0.05) is 23.9 Å². The number of nitro groups is 1. The van der Waals surface area contributed by atoms with Crippen LogP contribution in [0, 0.1) is 10.1 Å². The zero-order chi connectivity index (χ0) is 25.7. The molecule has 0 spiro atoms. The molecule has 36 heavy (non-hydrogen) atoms. The maximum Gasteiger partial charge on any atom is 0.309 e. The first-order valence-corrected chi connectivity index (χ1v) is 13.6. The Labute approximate surface area is 213 Å². The Morgan fingerprint density at radius 1 is 1.14 bits per heavy atom. The van der Waals surface area contributed by atoms with Crippen molar-refractivity contribution >= 4 is 33.4 Å². The molecule has 9 nitrogen and oxygen atoms in total. The molecule has 0 saturated heterocycles. The number of carbonyl (C=O) groups excluding carboxylic acids is 1. The summed E-state index contributed by atoms with van der Waals surface area (Å²) in [5.74, 6) is 0.732. The molecule has 11 heteroatoms. The van der Waals surface area contributed by atoms with E-state index in [1.54, 1.807) is 0 Å². The van der Waals surface area contributed by atoms with Gasteiger partial charge >= 0.3 is 5.97 Å². The number of methoxy groups -OCH3 is 1. The van der Waals surface area contributed by atoms with Crippen LogP contribution in [0.1, 0.15) is 27.5 Å². The first-order valence-electron chi connectivity index (χ1n) is 11.0. The van der Waals surface area contributed by atoms with Crippen LogP contribution in [-0.4, -0.2) is 38.7 Å². The zero-order valence-corrected chi connectivity index (χ0v) is 21.0. The third-order valence-electron chi connectivity index (χ3n) is 5.68. The van der Waals surface area contributed by atoms with Crippen LogP contribution in [0.25, 0.3) is 0 Å². The van der Waals surface area contributed by atoms with E-state index in [9.17, 15) is 23.3 Å². The minimum atomic E-state index is -4.07. The monoisotopic (exact) mass is 528 g/mol. The van der Waals surface area contributed by atoms with Crippen LogP contribution in [0.3, 0.4) is 0 Å². The standard InChI is InChI=1S/C25H24N2O7S2/c1-33-24(28)15-17-10-11-22-20(14-17)25(19-7-3-2-6-18(19)16-34-22)35-13-12-26-36(31,32)23-9-5-4-8-21(23)27(29)30/h2-11,14,25-26H,12-13,15-16H2,1H3. The molecule has 1 unspecified atom stereocenters. The summed E-state index contributed by atoms with van der Waals surface area (Å²) in [6.45, 7) is 0.455. The van der Waals surface area contributed by atoms with E-state index in [1.807, 2.05) is 42.5 Å². The molecule has 1 aliphatic heterocycles. The Bertz CT molecular complexity index is 1390. The lowest BCUT2D eigenvalue weighted by atomic mass is 9.98. The van der Waals surface area contributed by atoms with Gasteiger partial charge in [-0.2, -0.15) is 0 Å². The second-order valence-electron chi connectivity index (χ2n) is 7.99. The van der Waals surface area contributed by atoms with Crippen molar-refractivity contribution in [3.8, 4) is 5.75 Å². The molecule has 0 radical (unpaired) electrons. The number of hydrogen-bond acceptors (Lipinski definition) is 8. The Hall–Kier alpha value is -3.41. The highest BCUT2D eigenvalue weighted by atomic mass is 32.2. The minimum Gasteiger partial charge on any atom is -0.489 e. The van der Waals surface area contributed by atoms with Gasteiger partial charge in [0.2, 0.25) is 10.0 Å². The van der Waals surface area contributed by atoms with Gasteiger partial charge in [-0.3, -0.25) is 14.9 Å². The van der Waals surface area contributed by atoms with Gasteiger partial charge in [-0.05, 0) is 28.8 Å². The number of carbonyl (C=O) groups is 1. The number of hydrogen-bond donors (Lipinski definition) is 1. The number of thioether (sulfide) groups is 1. The van der Waals surface area contributed by atoms with Gasteiger partial charge in [0.15, 0.2) is 4.90 Å². The third kappa shape index (κ3) is 5.69. The van der Waals surface area contributed by atoms with E-state index in [0.29, 0.717) is 18.1 Å². The number of nitrogens with zero attached hydrogens (tertiary/aromatic N) is 1. The predicted molar refractivity (Wildman–Crippen MR) is 136 cm³/mol. The fourth-order valence-corrected chi connectivity index (χ4v) is 6.53. The molecule has 1 heterocycles. The number of nitrogens with one attached hydrogen (secondary N) is 1. The van der Waals surface area contributed by atoms with Gasteiger partial charge in [-0.1, -0.05) is 48.5 Å².